The Labute approximate surface area is 120 Å². The van der Waals surface area contributed by atoms with Crippen LogP contribution in [0.1, 0.15) is 16.6 Å². The van der Waals surface area contributed by atoms with Gasteiger partial charge in [0.05, 0.1) is 12.2 Å². The fourth-order valence-corrected chi connectivity index (χ4v) is 3.38. The van der Waals surface area contributed by atoms with Crippen molar-refractivity contribution in [3.05, 3.63) is 31.9 Å². The van der Waals surface area contributed by atoms with E-state index in [0.29, 0.717) is 17.4 Å². The lowest BCUT2D eigenvalue weighted by atomic mass is 10.2. The van der Waals surface area contributed by atoms with Gasteiger partial charge in [0.15, 0.2) is 5.13 Å². The van der Waals surface area contributed by atoms with Gasteiger partial charge in [0, 0.05) is 20.1 Å². The first-order valence-corrected chi connectivity index (χ1v) is 7.52. The van der Waals surface area contributed by atoms with Gasteiger partial charge >= 0.3 is 5.97 Å². The molecule has 0 bridgehead atoms. The third-order valence-corrected chi connectivity index (χ3v) is 4.66. The van der Waals surface area contributed by atoms with Gasteiger partial charge in [-0.05, 0) is 22.0 Å². The van der Waals surface area contributed by atoms with Gasteiger partial charge in [-0.3, -0.25) is 4.79 Å². The van der Waals surface area contributed by atoms with Crippen LogP contribution in [0.15, 0.2) is 21.3 Å². The monoisotopic (exact) mass is 347 g/mol. The van der Waals surface area contributed by atoms with Crippen LogP contribution < -0.4 is 11.1 Å². The molecule has 0 saturated carbocycles. The highest BCUT2D eigenvalue weighted by molar-refractivity contribution is 9.10. The number of carbonyl (C=O) groups is 1. The second-order valence-electron chi connectivity index (χ2n) is 3.48. The molecule has 5 nitrogen and oxygen atoms in total. The van der Waals surface area contributed by atoms with Crippen LogP contribution in [-0.4, -0.2) is 16.1 Å². The molecule has 18 heavy (non-hydrogen) atoms. The van der Waals surface area contributed by atoms with E-state index < -0.39 is 12.0 Å². The minimum Gasteiger partial charge on any atom is -0.480 e. The summed E-state index contributed by atoms with van der Waals surface area (Å²) in [6.45, 7) is 0.658. The summed E-state index contributed by atoms with van der Waals surface area (Å²) in [5, 5.41) is 16.2. The molecule has 2 heterocycles. The Bertz CT molecular complexity index is 555. The maximum absolute atomic E-state index is 10.7. The van der Waals surface area contributed by atoms with Gasteiger partial charge in [-0.15, -0.1) is 22.7 Å². The van der Waals surface area contributed by atoms with E-state index in [0.717, 1.165) is 4.47 Å². The highest BCUT2D eigenvalue weighted by Crippen LogP contribution is 2.23. The highest BCUT2D eigenvalue weighted by atomic mass is 79.9. The molecule has 0 aliphatic heterocycles. The van der Waals surface area contributed by atoms with Crippen LogP contribution in [-0.2, 0) is 11.3 Å². The summed E-state index contributed by atoms with van der Waals surface area (Å²) in [6, 6.07) is 0.961. The van der Waals surface area contributed by atoms with E-state index in [4.69, 9.17) is 10.8 Å². The van der Waals surface area contributed by atoms with Crippen molar-refractivity contribution in [2.45, 2.75) is 12.6 Å². The number of thiazole rings is 1. The largest absolute Gasteiger partial charge is 0.480 e. The van der Waals surface area contributed by atoms with Crippen LogP contribution in [0.5, 0.6) is 0 Å². The molecule has 0 amide bonds. The molecule has 0 saturated heterocycles. The molecule has 1 unspecified atom stereocenters. The van der Waals surface area contributed by atoms with E-state index in [-0.39, 0.29) is 0 Å². The van der Waals surface area contributed by atoms with Crippen LogP contribution in [0, 0.1) is 0 Å². The molecule has 0 aliphatic rings. The first-order chi connectivity index (χ1) is 8.56. The van der Waals surface area contributed by atoms with Gasteiger partial charge in [-0.2, -0.15) is 0 Å². The smallest absolute Gasteiger partial charge is 0.326 e. The number of halogens is 1. The molecule has 2 aromatic rings. The number of anilines is 1. The lowest BCUT2D eigenvalue weighted by molar-refractivity contribution is -0.138. The number of nitrogens with zero attached hydrogens (tertiary/aromatic N) is 1. The number of hydrogen-bond acceptors (Lipinski definition) is 6. The summed E-state index contributed by atoms with van der Waals surface area (Å²) >= 11 is 6.37. The van der Waals surface area contributed by atoms with Gasteiger partial charge in [-0.1, -0.05) is 0 Å². The van der Waals surface area contributed by atoms with Gasteiger partial charge in [0.1, 0.15) is 6.04 Å². The summed E-state index contributed by atoms with van der Waals surface area (Å²) in [4.78, 5) is 16.0. The van der Waals surface area contributed by atoms with Crippen LogP contribution in [0.25, 0.3) is 0 Å². The molecule has 0 spiro atoms. The summed E-state index contributed by atoms with van der Waals surface area (Å²) in [6.07, 6.45) is 0. The average Bonchev–Trinajstić information content (AvgIpc) is 2.94. The summed E-state index contributed by atoms with van der Waals surface area (Å²) in [5.74, 6) is -1.07. The SMILES string of the molecule is NC(C(=O)O)c1csc(NCc2cc(Br)cs2)n1. The van der Waals surface area contributed by atoms with E-state index in [2.05, 4.69) is 26.2 Å². The van der Waals surface area contributed by atoms with E-state index in [9.17, 15) is 4.79 Å². The fourth-order valence-electron chi connectivity index (χ4n) is 1.25. The van der Waals surface area contributed by atoms with Crippen LogP contribution in [0.3, 0.4) is 0 Å². The van der Waals surface area contributed by atoms with E-state index in [1.807, 2.05) is 11.4 Å². The molecule has 2 rings (SSSR count). The number of aliphatic carboxylic acids is 1. The molecule has 4 N–H and O–H groups in total. The second-order valence-corrected chi connectivity index (χ2v) is 6.25. The molecular formula is C10H10BrN3O2S2. The maximum Gasteiger partial charge on any atom is 0.326 e. The molecule has 2 aromatic heterocycles. The average molecular weight is 348 g/mol. The van der Waals surface area contributed by atoms with Gasteiger partial charge < -0.3 is 16.2 Å². The fraction of sp³-hybridized carbons (Fsp3) is 0.200. The van der Waals surface area contributed by atoms with Crippen LogP contribution in [0.2, 0.25) is 0 Å². The Morgan fingerprint density at radius 3 is 2.94 bits per heavy atom. The maximum atomic E-state index is 10.7. The lowest BCUT2D eigenvalue weighted by Crippen LogP contribution is -2.20. The van der Waals surface area contributed by atoms with Crippen molar-refractivity contribution in [1.29, 1.82) is 0 Å². The Balaban J connectivity index is 1.96. The van der Waals surface area contributed by atoms with E-state index in [1.54, 1.807) is 16.7 Å². The summed E-state index contributed by atoms with van der Waals surface area (Å²) in [5.41, 5.74) is 5.85. The molecule has 96 valence electrons. The number of carboxylic acid groups (broad SMARTS) is 1. The molecular weight excluding hydrogens is 338 g/mol. The number of rotatable bonds is 5. The zero-order chi connectivity index (χ0) is 13.1. The van der Waals surface area contributed by atoms with Crippen molar-refractivity contribution in [3.8, 4) is 0 Å². The molecule has 0 fully saturated rings. The number of aromatic nitrogens is 1. The zero-order valence-corrected chi connectivity index (χ0v) is 12.3. The second kappa shape index (κ2) is 5.79. The molecule has 0 aromatic carbocycles. The minimum atomic E-state index is -1.07. The number of hydrogen-bond donors (Lipinski definition) is 3. The van der Waals surface area contributed by atoms with Crippen molar-refractivity contribution < 1.29 is 9.90 Å². The topological polar surface area (TPSA) is 88.2 Å². The van der Waals surface area contributed by atoms with E-state index >= 15 is 0 Å². The zero-order valence-electron chi connectivity index (χ0n) is 9.09. The van der Waals surface area contributed by atoms with Crippen molar-refractivity contribution in [2.24, 2.45) is 5.73 Å². The van der Waals surface area contributed by atoms with Crippen LogP contribution >= 0.6 is 38.6 Å². The standard InChI is InChI=1S/C10H10BrN3O2S2/c11-5-1-6(17-3-5)2-13-10-14-7(4-18-10)8(12)9(15)16/h1,3-4,8H,2,12H2,(H,13,14)(H,15,16). The first-order valence-electron chi connectivity index (χ1n) is 4.97. The summed E-state index contributed by atoms with van der Waals surface area (Å²) < 4.78 is 1.05. The predicted molar refractivity (Wildman–Crippen MR) is 76.0 cm³/mol. The van der Waals surface area contributed by atoms with Crippen molar-refractivity contribution in [1.82, 2.24) is 4.98 Å². The number of nitrogens with two attached hydrogens (primary N) is 1. The molecule has 0 radical (unpaired) electrons. The third-order valence-electron chi connectivity index (χ3n) is 2.14. The first kappa shape index (κ1) is 13.5. The van der Waals surface area contributed by atoms with Crippen molar-refractivity contribution >= 4 is 49.7 Å². The van der Waals surface area contributed by atoms with Gasteiger partial charge in [0.25, 0.3) is 0 Å². The number of thiophene rings is 1. The molecule has 8 heteroatoms. The van der Waals surface area contributed by atoms with Crippen molar-refractivity contribution in [3.63, 3.8) is 0 Å². The predicted octanol–water partition coefficient (Wildman–Crippen LogP) is 2.66. The Morgan fingerprint density at radius 2 is 2.33 bits per heavy atom. The lowest BCUT2D eigenvalue weighted by Gasteiger charge is -2.01. The number of nitrogens with one attached hydrogen (secondary N) is 1. The summed E-state index contributed by atoms with van der Waals surface area (Å²) in [7, 11) is 0. The Morgan fingerprint density at radius 1 is 1.56 bits per heavy atom. The normalized spacial score (nSPS) is 12.3. The highest BCUT2D eigenvalue weighted by Gasteiger charge is 2.17. The quantitative estimate of drug-likeness (QED) is 0.773. The molecule has 1 atom stereocenters. The van der Waals surface area contributed by atoms with Crippen molar-refractivity contribution in [2.75, 3.05) is 5.32 Å². The number of carboxylic acids is 1. The van der Waals surface area contributed by atoms with Crippen LogP contribution in [0.4, 0.5) is 5.13 Å². The Hall–Kier alpha value is -0.960. The van der Waals surface area contributed by atoms with Gasteiger partial charge in [-0.25, -0.2) is 4.98 Å². The van der Waals surface area contributed by atoms with Gasteiger partial charge in [0.2, 0.25) is 0 Å². The third kappa shape index (κ3) is 3.29. The molecule has 0 aliphatic carbocycles. The minimum absolute atomic E-state index is 0.377. The van der Waals surface area contributed by atoms with E-state index in [1.165, 1.54) is 16.2 Å². The Kier molecular flexibility index (Phi) is 4.33.